The van der Waals surface area contributed by atoms with E-state index in [4.69, 9.17) is 14.2 Å². The topological polar surface area (TPSA) is 97.3 Å². The van der Waals surface area contributed by atoms with E-state index in [1.165, 1.54) is 0 Å². The summed E-state index contributed by atoms with van der Waals surface area (Å²) in [5.74, 6) is 2.03. The molecule has 2 heterocycles. The second kappa shape index (κ2) is 12.7. The highest BCUT2D eigenvalue weighted by Gasteiger charge is 2.28. The molecule has 1 fully saturated rings. The summed E-state index contributed by atoms with van der Waals surface area (Å²) >= 11 is 0. The highest BCUT2D eigenvalue weighted by atomic mass is 16.6. The molecule has 0 aliphatic carbocycles. The number of hydrogen-bond acceptors (Lipinski definition) is 7. The lowest BCUT2D eigenvalue weighted by Gasteiger charge is -2.36. The number of ketones is 1. The van der Waals surface area contributed by atoms with Crippen LogP contribution < -0.4 is 19.5 Å². The van der Waals surface area contributed by atoms with Gasteiger partial charge in [-0.2, -0.15) is 0 Å². The zero-order valence-corrected chi connectivity index (χ0v) is 20.9. The summed E-state index contributed by atoms with van der Waals surface area (Å²) in [6.07, 6.45) is 3.31. The van der Waals surface area contributed by atoms with Gasteiger partial charge in [0.15, 0.2) is 17.3 Å². The normalized spacial score (nSPS) is 16.5. The van der Waals surface area contributed by atoms with Crippen LogP contribution in [0.3, 0.4) is 0 Å². The van der Waals surface area contributed by atoms with Crippen LogP contribution in [-0.2, 0) is 4.79 Å². The molecule has 0 aromatic heterocycles. The van der Waals surface area contributed by atoms with Crippen molar-refractivity contribution in [1.29, 1.82) is 0 Å². The number of benzene rings is 2. The van der Waals surface area contributed by atoms with Crippen molar-refractivity contribution in [2.45, 2.75) is 50.7 Å². The Morgan fingerprint density at radius 1 is 1.00 bits per heavy atom. The lowest BCUT2D eigenvalue weighted by Crippen LogP contribution is -2.50. The molecule has 0 spiro atoms. The number of carbonyl (C=O) groups is 2. The Morgan fingerprint density at radius 2 is 1.72 bits per heavy atom. The third kappa shape index (κ3) is 6.98. The minimum Gasteiger partial charge on any atom is -0.497 e. The number of unbranched alkanes of at least 4 members (excludes halogenated alkanes) is 2. The van der Waals surface area contributed by atoms with Crippen LogP contribution in [0.4, 0.5) is 0 Å². The summed E-state index contributed by atoms with van der Waals surface area (Å²) in [7, 11) is 1.60. The molecule has 0 radical (unpaired) electrons. The number of methoxy groups -OCH3 is 1. The molecular weight excluding hydrogens is 460 g/mol. The van der Waals surface area contributed by atoms with Crippen molar-refractivity contribution in [2.24, 2.45) is 0 Å². The van der Waals surface area contributed by atoms with Gasteiger partial charge < -0.3 is 29.5 Å². The number of carbonyl (C=O) groups excluding carboxylic acids is 2. The van der Waals surface area contributed by atoms with E-state index >= 15 is 0 Å². The molecule has 2 aromatic rings. The molecule has 2 unspecified atom stereocenters. The average molecular weight is 497 g/mol. The summed E-state index contributed by atoms with van der Waals surface area (Å²) < 4.78 is 16.4. The van der Waals surface area contributed by atoms with Crippen molar-refractivity contribution in [2.75, 3.05) is 40.0 Å². The highest BCUT2D eigenvalue weighted by Crippen LogP contribution is 2.33. The molecule has 1 amide bonds. The van der Waals surface area contributed by atoms with Crippen molar-refractivity contribution in [3.05, 3.63) is 53.6 Å². The quantitative estimate of drug-likeness (QED) is 0.323. The van der Waals surface area contributed by atoms with Crippen LogP contribution in [0.2, 0.25) is 0 Å². The first-order chi connectivity index (χ1) is 17.5. The first-order valence-electron chi connectivity index (χ1n) is 12.8. The first kappa shape index (κ1) is 26.0. The number of likely N-dealkylation sites (tertiary alicyclic amines) is 1. The van der Waals surface area contributed by atoms with E-state index in [1.807, 2.05) is 12.1 Å². The second-order valence-corrected chi connectivity index (χ2v) is 9.39. The lowest BCUT2D eigenvalue weighted by atomic mass is 9.99. The number of aliphatic hydroxyl groups excluding tert-OH is 1. The van der Waals surface area contributed by atoms with Gasteiger partial charge in [-0.1, -0.05) is 12.5 Å². The molecule has 1 saturated heterocycles. The maximum atomic E-state index is 12.7. The van der Waals surface area contributed by atoms with Gasteiger partial charge in [0.1, 0.15) is 25.1 Å². The van der Waals surface area contributed by atoms with Crippen LogP contribution >= 0.6 is 0 Å². The molecule has 0 saturated carbocycles. The summed E-state index contributed by atoms with van der Waals surface area (Å²) in [5, 5.41) is 14.2. The number of fused-ring (bicyclic) bond motifs is 1. The molecular formula is C28H36N2O6. The van der Waals surface area contributed by atoms with Gasteiger partial charge in [-0.05, 0) is 74.3 Å². The predicted octanol–water partition coefficient (Wildman–Crippen LogP) is 3.52. The van der Waals surface area contributed by atoms with Crippen LogP contribution in [0.25, 0.3) is 0 Å². The minimum atomic E-state index is -0.854. The Hall–Kier alpha value is -3.10. The maximum Gasteiger partial charge on any atom is 0.220 e. The van der Waals surface area contributed by atoms with E-state index < -0.39 is 12.1 Å². The number of rotatable bonds is 13. The van der Waals surface area contributed by atoms with E-state index in [0.29, 0.717) is 61.6 Å². The van der Waals surface area contributed by atoms with E-state index in [2.05, 4.69) is 10.2 Å². The average Bonchev–Trinajstić information content (AvgIpc) is 2.89. The number of Topliss-reactive ketones (excluding diaryl/α,β-unsaturated/α-hetero) is 1. The molecule has 36 heavy (non-hydrogen) atoms. The van der Waals surface area contributed by atoms with Crippen molar-refractivity contribution < 1.29 is 28.9 Å². The van der Waals surface area contributed by atoms with Crippen molar-refractivity contribution in [1.82, 2.24) is 10.2 Å². The predicted molar refractivity (Wildman–Crippen MR) is 136 cm³/mol. The highest BCUT2D eigenvalue weighted by molar-refractivity contribution is 5.96. The van der Waals surface area contributed by atoms with Crippen molar-refractivity contribution >= 4 is 11.7 Å². The first-order valence-corrected chi connectivity index (χ1v) is 12.8. The molecule has 2 aliphatic heterocycles. The zero-order chi connectivity index (χ0) is 25.3. The van der Waals surface area contributed by atoms with Gasteiger partial charge >= 0.3 is 0 Å². The SMILES string of the molecule is COc1ccc(C(=O)CCCCCC(=O)NC(CN2CCC2)C(O)c2ccc3c(c2)OCCO3)cc1. The summed E-state index contributed by atoms with van der Waals surface area (Å²) in [4.78, 5) is 27.3. The molecule has 8 heteroatoms. The molecule has 2 aromatic carbocycles. The van der Waals surface area contributed by atoms with Crippen LogP contribution in [0.15, 0.2) is 42.5 Å². The third-order valence-electron chi connectivity index (χ3n) is 6.76. The Labute approximate surface area is 212 Å². The molecule has 4 rings (SSSR count). The number of ether oxygens (including phenoxy) is 3. The Morgan fingerprint density at radius 3 is 2.42 bits per heavy atom. The zero-order valence-electron chi connectivity index (χ0n) is 20.9. The number of nitrogens with zero attached hydrogens (tertiary/aromatic N) is 1. The van der Waals surface area contributed by atoms with Gasteiger partial charge in [-0.25, -0.2) is 0 Å². The molecule has 0 bridgehead atoms. The molecule has 194 valence electrons. The van der Waals surface area contributed by atoms with Gasteiger partial charge in [0.2, 0.25) is 5.91 Å². The number of aliphatic hydroxyl groups is 1. The largest absolute Gasteiger partial charge is 0.497 e. The van der Waals surface area contributed by atoms with Crippen molar-refractivity contribution in [3.63, 3.8) is 0 Å². The molecule has 2 N–H and O–H groups in total. The molecule has 2 atom stereocenters. The fourth-order valence-electron chi connectivity index (χ4n) is 4.49. The fraction of sp³-hybridized carbons (Fsp3) is 0.500. The van der Waals surface area contributed by atoms with E-state index in [-0.39, 0.29) is 11.7 Å². The van der Waals surface area contributed by atoms with E-state index in [1.54, 1.807) is 37.4 Å². The van der Waals surface area contributed by atoms with Crippen LogP contribution in [-0.4, -0.2) is 67.7 Å². The Kier molecular flexibility index (Phi) is 9.19. The minimum absolute atomic E-state index is 0.0846. The van der Waals surface area contributed by atoms with E-state index in [0.717, 1.165) is 38.1 Å². The monoisotopic (exact) mass is 496 g/mol. The van der Waals surface area contributed by atoms with Gasteiger partial charge in [0.25, 0.3) is 0 Å². The Bertz CT molecular complexity index is 1020. The summed E-state index contributed by atoms with van der Waals surface area (Å²) in [6, 6.07) is 12.1. The summed E-state index contributed by atoms with van der Waals surface area (Å²) in [6.45, 7) is 3.53. The Balaban J connectivity index is 1.24. The van der Waals surface area contributed by atoms with E-state index in [9.17, 15) is 14.7 Å². The van der Waals surface area contributed by atoms with Crippen LogP contribution in [0.5, 0.6) is 17.2 Å². The molecule has 2 aliphatic rings. The molecule has 8 nitrogen and oxygen atoms in total. The maximum absolute atomic E-state index is 12.7. The van der Waals surface area contributed by atoms with Crippen molar-refractivity contribution in [3.8, 4) is 17.2 Å². The lowest BCUT2D eigenvalue weighted by molar-refractivity contribution is -0.123. The third-order valence-corrected chi connectivity index (χ3v) is 6.76. The fourth-order valence-corrected chi connectivity index (χ4v) is 4.49. The number of nitrogens with one attached hydrogen (secondary N) is 1. The second-order valence-electron chi connectivity index (χ2n) is 9.39. The van der Waals surface area contributed by atoms with Gasteiger partial charge in [-0.3, -0.25) is 9.59 Å². The smallest absolute Gasteiger partial charge is 0.220 e. The number of amides is 1. The van der Waals surface area contributed by atoms with Gasteiger partial charge in [-0.15, -0.1) is 0 Å². The van der Waals surface area contributed by atoms with Gasteiger partial charge in [0.05, 0.1) is 13.2 Å². The van der Waals surface area contributed by atoms with Crippen LogP contribution in [0.1, 0.15) is 60.6 Å². The standard InChI is InChI=1S/C28H36N2O6/c1-34-22-11-8-20(9-12-22)24(31)6-3-2-4-7-27(32)29-23(19-30-14-5-15-30)28(33)21-10-13-25-26(18-21)36-17-16-35-25/h8-13,18,23,28,33H,2-7,14-17,19H2,1H3,(H,29,32). The summed E-state index contributed by atoms with van der Waals surface area (Å²) in [5.41, 5.74) is 1.37. The number of hydrogen-bond donors (Lipinski definition) is 2. The van der Waals surface area contributed by atoms with Crippen LogP contribution in [0, 0.1) is 0 Å². The van der Waals surface area contributed by atoms with Gasteiger partial charge in [0, 0.05) is 24.9 Å².